The van der Waals surface area contributed by atoms with E-state index in [4.69, 9.17) is 34.8 Å². The lowest BCUT2D eigenvalue weighted by atomic mass is 10.3. The van der Waals surface area contributed by atoms with Crippen LogP contribution in [-0.4, -0.2) is 33.9 Å². The zero-order chi connectivity index (χ0) is 17.6. The van der Waals surface area contributed by atoms with Crippen molar-refractivity contribution in [2.45, 2.75) is 40.7 Å². The fourth-order valence-corrected chi connectivity index (χ4v) is 5.61. The number of halogens is 3. The van der Waals surface area contributed by atoms with E-state index in [0.717, 1.165) is 6.07 Å². The molecule has 0 fully saturated rings. The predicted molar refractivity (Wildman–Crippen MR) is 90.1 cm³/mol. The molecule has 0 spiro atoms. The summed E-state index contributed by atoms with van der Waals surface area (Å²) in [6, 6.07) is 1.83. The van der Waals surface area contributed by atoms with Crippen LogP contribution >= 0.6 is 34.8 Å². The summed E-state index contributed by atoms with van der Waals surface area (Å²) in [4.78, 5) is -1.63. The summed E-state index contributed by atoms with van der Waals surface area (Å²) in [5, 5.41) is 2.63. The first-order valence-electron chi connectivity index (χ1n) is 6.37. The maximum atomic E-state index is 12.3. The minimum absolute atomic E-state index is 0.119. The number of sulfonamides is 2. The molecule has 2 rings (SSSR count). The molecular weight excluding hydrogens is 409 g/mol. The monoisotopic (exact) mass is 421 g/mol. The lowest BCUT2D eigenvalue weighted by molar-refractivity contribution is 0.562. The molecule has 0 aliphatic carbocycles. The van der Waals surface area contributed by atoms with Crippen molar-refractivity contribution in [1.82, 2.24) is 9.44 Å². The van der Waals surface area contributed by atoms with Crippen molar-refractivity contribution in [3.8, 4) is 0 Å². The second-order valence-electron chi connectivity index (χ2n) is 5.13. The number of hydrogen-bond acceptors (Lipinski definition) is 5. The molecule has 0 radical (unpaired) electrons. The van der Waals surface area contributed by atoms with Crippen LogP contribution in [-0.2, 0) is 20.0 Å². The van der Waals surface area contributed by atoms with Gasteiger partial charge in [-0.3, -0.25) is 0 Å². The van der Waals surface area contributed by atoms with Gasteiger partial charge in [-0.05, 0) is 26.0 Å². The first kappa shape index (κ1) is 19.0. The predicted octanol–water partition coefficient (Wildman–Crippen LogP) is 1.86. The van der Waals surface area contributed by atoms with Crippen LogP contribution in [0.1, 0.15) is 13.8 Å². The molecule has 0 aromatic heterocycles. The Morgan fingerprint density at radius 2 is 1.87 bits per heavy atom. The van der Waals surface area contributed by atoms with Gasteiger partial charge in [0.15, 0.2) is 0 Å². The number of alkyl halides is 2. The third kappa shape index (κ3) is 4.04. The molecular formula is C11H14Cl3N3O4S2. The van der Waals surface area contributed by atoms with Crippen LogP contribution < -0.4 is 14.8 Å². The second-order valence-corrected chi connectivity index (χ2v) is 10.1. The SMILES string of the molecule is CC(C)NS(=O)(=O)c1cc2c(cc1Cl)NC(C(Cl)Cl)NS2(=O)=O. The quantitative estimate of drug-likeness (QED) is 0.642. The van der Waals surface area contributed by atoms with Gasteiger partial charge in [0.2, 0.25) is 20.0 Å². The molecule has 1 aliphatic rings. The minimum Gasteiger partial charge on any atom is -0.366 e. The first-order valence-corrected chi connectivity index (χ1v) is 10.6. The van der Waals surface area contributed by atoms with Crippen molar-refractivity contribution < 1.29 is 16.8 Å². The van der Waals surface area contributed by atoms with Crippen LogP contribution in [0.15, 0.2) is 21.9 Å². The van der Waals surface area contributed by atoms with Gasteiger partial charge in [0.1, 0.15) is 20.8 Å². The van der Waals surface area contributed by atoms with Crippen LogP contribution in [0.25, 0.3) is 0 Å². The van der Waals surface area contributed by atoms with E-state index >= 15 is 0 Å². The highest BCUT2D eigenvalue weighted by Crippen LogP contribution is 2.35. The molecule has 130 valence electrons. The lowest BCUT2D eigenvalue weighted by Crippen LogP contribution is -2.48. The highest BCUT2D eigenvalue weighted by Gasteiger charge is 2.34. The fraction of sp³-hybridized carbons (Fsp3) is 0.455. The summed E-state index contributed by atoms with van der Waals surface area (Å²) in [7, 11) is -7.95. The van der Waals surface area contributed by atoms with E-state index in [0.29, 0.717) is 0 Å². The Hall–Kier alpha value is -0.290. The highest BCUT2D eigenvalue weighted by molar-refractivity contribution is 7.90. The Kier molecular flexibility index (Phi) is 5.42. The van der Waals surface area contributed by atoms with Gasteiger partial charge >= 0.3 is 0 Å². The normalized spacial score (nSPS) is 20.4. The van der Waals surface area contributed by atoms with E-state index in [-0.39, 0.29) is 26.5 Å². The van der Waals surface area contributed by atoms with Crippen molar-refractivity contribution in [3.05, 3.63) is 17.2 Å². The standard InChI is InChI=1S/C11H14Cl3N3O4S2/c1-5(2)16-22(18,19)8-4-9-7(3-6(8)12)15-11(10(13)14)17-23(9,20)21/h3-5,10-11,15-17H,1-2H3. The van der Waals surface area contributed by atoms with Gasteiger partial charge in [0.25, 0.3) is 0 Å². The largest absolute Gasteiger partial charge is 0.366 e. The van der Waals surface area contributed by atoms with Gasteiger partial charge < -0.3 is 5.32 Å². The third-order valence-corrected chi connectivity index (χ3v) is 6.96. The molecule has 1 heterocycles. The van der Waals surface area contributed by atoms with Crippen LogP contribution in [0.2, 0.25) is 5.02 Å². The summed E-state index contributed by atoms with van der Waals surface area (Å²) in [6.07, 6.45) is -0.955. The Morgan fingerprint density at radius 3 is 2.39 bits per heavy atom. The molecule has 0 saturated heterocycles. The van der Waals surface area contributed by atoms with Crippen molar-refractivity contribution in [3.63, 3.8) is 0 Å². The van der Waals surface area contributed by atoms with Crippen LogP contribution in [0.4, 0.5) is 5.69 Å². The van der Waals surface area contributed by atoms with Gasteiger partial charge in [-0.15, -0.1) is 23.2 Å². The van der Waals surface area contributed by atoms with Gasteiger partial charge in [0.05, 0.1) is 10.7 Å². The zero-order valence-corrected chi connectivity index (χ0v) is 15.9. The number of anilines is 1. The smallest absolute Gasteiger partial charge is 0.244 e. The second kappa shape index (κ2) is 6.55. The molecule has 1 aromatic rings. The number of hydrogen-bond donors (Lipinski definition) is 3. The molecule has 23 heavy (non-hydrogen) atoms. The Balaban J connectivity index is 2.59. The van der Waals surface area contributed by atoms with Crippen LogP contribution in [0, 0.1) is 0 Å². The number of rotatable bonds is 4. The van der Waals surface area contributed by atoms with Crippen molar-refractivity contribution in [1.29, 1.82) is 0 Å². The van der Waals surface area contributed by atoms with E-state index in [1.165, 1.54) is 6.07 Å². The molecule has 0 saturated carbocycles. The average Bonchev–Trinajstić information content (AvgIpc) is 2.34. The molecule has 0 bridgehead atoms. The summed E-state index contributed by atoms with van der Waals surface area (Å²) in [5.41, 5.74) is 0.119. The van der Waals surface area contributed by atoms with E-state index in [1.54, 1.807) is 13.8 Å². The van der Waals surface area contributed by atoms with Gasteiger partial charge in [-0.2, -0.15) is 4.72 Å². The summed E-state index contributed by atoms with van der Waals surface area (Å²) < 4.78 is 53.6. The van der Waals surface area contributed by atoms with Gasteiger partial charge in [-0.1, -0.05) is 11.6 Å². The summed E-state index contributed by atoms with van der Waals surface area (Å²) in [6.45, 7) is 3.27. The fourth-order valence-electron chi connectivity index (χ4n) is 1.99. The van der Waals surface area contributed by atoms with Gasteiger partial charge in [-0.25, -0.2) is 21.6 Å². The highest BCUT2D eigenvalue weighted by atomic mass is 35.5. The van der Waals surface area contributed by atoms with Crippen molar-refractivity contribution >= 4 is 60.5 Å². The van der Waals surface area contributed by atoms with Gasteiger partial charge in [0, 0.05) is 6.04 Å². The summed E-state index contributed by atoms with van der Waals surface area (Å²) >= 11 is 17.4. The van der Waals surface area contributed by atoms with E-state index < -0.39 is 31.0 Å². The van der Waals surface area contributed by atoms with E-state index in [1.807, 2.05) is 0 Å². The molecule has 1 unspecified atom stereocenters. The summed E-state index contributed by atoms with van der Waals surface area (Å²) in [5.74, 6) is 0. The Morgan fingerprint density at radius 1 is 1.26 bits per heavy atom. The van der Waals surface area contributed by atoms with E-state index in [2.05, 4.69) is 14.8 Å². The topological polar surface area (TPSA) is 104 Å². The Bertz CT molecular complexity index is 825. The molecule has 3 N–H and O–H groups in total. The molecule has 1 aliphatic heterocycles. The lowest BCUT2D eigenvalue weighted by Gasteiger charge is -2.29. The maximum Gasteiger partial charge on any atom is 0.244 e. The number of benzene rings is 1. The molecule has 7 nitrogen and oxygen atoms in total. The van der Waals surface area contributed by atoms with Crippen LogP contribution in [0.5, 0.6) is 0 Å². The van der Waals surface area contributed by atoms with Crippen molar-refractivity contribution in [2.75, 3.05) is 5.32 Å². The average molecular weight is 423 g/mol. The first-order chi connectivity index (χ1) is 10.4. The molecule has 1 atom stereocenters. The maximum absolute atomic E-state index is 12.3. The molecule has 1 aromatic carbocycles. The number of fused-ring (bicyclic) bond motifs is 1. The minimum atomic E-state index is -4.00. The van der Waals surface area contributed by atoms with E-state index in [9.17, 15) is 16.8 Å². The third-order valence-electron chi connectivity index (χ3n) is 2.85. The molecule has 12 heteroatoms. The zero-order valence-electron chi connectivity index (χ0n) is 12.0. The molecule has 0 amide bonds. The Labute approximate surface area is 149 Å². The van der Waals surface area contributed by atoms with Crippen LogP contribution in [0.3, 0.4) is 0 Å². The number of nitrogens with one attached hydrogen (secondary N) is 3. The van der Waals surface area contributed by atoms with Crippen molar-refractivity contribution in [2.24, 2.45) is 0 Å².